The molecule has 0 saturated carbocycles. The van der Waals surface area contributed by atoms with E-state index in [4.69, 9.17) is 9.97 Å². The molecule has 2 aliphatic heterocycles. The third-order valence-corrected chi connectivity index (χ3v) is 9.23. The van der Waals surface area contributed by atoms with Crippen LogP contribution in [0.1, 0.15) is 25.0 Å². The molecule has 220 valence electrons. The maximum Gasteiger partial charge on any atom is 0.246 e. The third-order valence-electron chi connectivity index (χ3n) is 9.23. The number of amides is 1. The Morgan fingerprint density at radius 3 is 2.48 bits per heavy atom. The Bertz CT molecular complexity index is 1720. The average Bonchev–Trinajstić information content (AvgIpc) is 3.30. The lowest BCUT2D eigenvalue weighted by atomic mass is 9.91. The second-order valence-electron chi connectivity index (χ2n) is 12.3. The minimum absolute atomic E-state index is 0.00666. The largest absolute Gasteiger partial charge is 0.350 e. The van der Waals surface area contributed by atoms with E-state index in [1.165, 1.54) is 6.08 Å². The van der Waals surface area contributed by atoms with Crippen LogP contribution < -0.4 is 9.80 Å². The Labute approximate surface area is 247 Å². The average molecular weight is 570 g/mol. The molecule has 0 bridgehead atoms. The number of fused-ring (bicyclic) bond motifs is 2. The summed E-state index contributed by atoms with van der Waals surface area (Å²) >= 11 is 0. The number of piperazine rings is 1. The van der Waals surface area contributed by atoms with Crippen LogP contribution in [0.2, 0.25) is 0 Å². The van der Waals surface area contributed by atoms with E-state index in [0.717, 1.165) is 57.4 Å². The maximum atomic E-state index is 15.7. The van der Waals surface area contributed by atoms with Gasteiger partial charge in [0.05, 0.1) is 11.0 Å². The SMILES string of the molecule is C=CC(=O)N1C[C@H](C)N(c2nc(N3CC(N(C)C)C3)nc3c(C)c(-c4c(F)ccc5ccn(C)c45)c(C)cc23)C[C@H]1C. The van der Waals surface area contributed by atoms with Crippen molar-refractivity contribution in [3.05, 3.63) is 60.1 Å². The van der Waals surface area contributed by atoms with Gasteiger partial charge in [0.1, 0.15) is 11.6 Å². The number of carbonyl (C=O) groups is 1. The van der Waals surface area contributed by atoms with Crippen molar-refractivity contribution in [2.24, 2.45) is 7.05 Å². The number of carbonyl (C=O) groups excluding carboxylic acids is 1. The Balaban J connectivity index is 1.55. The van der Waals surface area contributed by atoms with Crippen molar-refractivity contribution in [3.8, 4) is 11.1 Å². The van der Waals surface area contributed by atoms with Crippen LogP contribution in [0, 0.1) is 19.7 Å². The minimum Gasteiger partial charge on any atom is -0.350 e. The molecule has 6 rings (SSSR count). The summed E-state index contributed by atoms with van der Waals surface area (Å²) in [5, 5.41) is 1.95. The lowest BCUT2D eigenvalue weighted by molar-refractivity contribution is -0.128. The number of benzene rings is 2. The predicted octanol–water partition coefficient (Wildman–Crippen LogP) is 4.91. The molecule has 4 aromatic rings. The van der Waals surface area contributed by atoms with Crippen molar-refractivity contribution in [1.82, 2.24) is 24.3 Å². The summed E-state index contributed by atoms with van der Waals surface area (Å²) in [6.45, 7) is 14.9. The standard InChI is InChI=1S/C33H40FN7O/c1-9-27(42)40-15-21(4)41(16-20(40)3)32-25-14-19(2)28(29-26(34)11-10-23-12-13-38(8)31(23)29)22(5)30(25)35-33(36-32)39-17-24(18-39)37(6)7/h9-14,20-21,24H,1,15-18H2,2-8H3/t20-,21+/m1/s1. The van der Waals surface area contributed by atoms with Crippen molar-refractivity contribution in [3.63, 3.8) is 0 Å². The number of nitrogens with zero attached hydrogens (tertiary/aromatic N) is 7. The summed E-state index contributed by atoms with van der Waals surface area (Å²) in [4.78, 5) is 31.6. The Morgan fingerprint density at radius 2 is 1.79 bits per heavy atom. The fourth-order valence-electron chi connectivity index (χ4n) is 6.71. The van der Waals surface area contributed by atoms with E-state index in [1.54, 1.807) is 6.07 Å². The number of anilines is 2. The monoisotopic (exact) mass is 569 g/mol. The normalized spacial score (nSPS) is 19.7. The quantitative estimate of drug-likeness (QED) is 0.319. The highest BCUT2D eigenvalue weighted by Crippen LogP contribution is 2.41. The number of halogens is 1. The Kier molecular flexibility index (Phi) is 6.96. The second-order valence-corrected chi connectivity index (χ2v) is 12.3. The van der Waals surface area contributed by atoms with Gasteiger partial charge in [0.2, 0.25) is 11.9 Å². The van der Waals surface area contributed by atoms with Gasteiger partial charge < -0.3 is 24.2 Å². The maximum absolute atomic E-state index is 15.7. The molecule has 9 heteroatoms. The van der Waals surface area contributed by atoms with Crippen LogP contribution in [0.3, 0.4) is 0 Å². The molecule has 0 N–H and O–H groups in total. The van der Waals surface area contributed by atoms with Gasteiger partial charge in [-0.3, -0.25) is 4.79 Å². The van der Waals surface area contributed by atoms with E-state index in [2.05, 4.69) is 62.2 Å². The Morgan fingerprint density at radius 1 is 1.05 bits per heavy atom. The summed E-state index contributed by atoms with van der Waals surface area (Å²) in [6, 6.07) is 8.01. The highest BCUT2D eigenvalue weighted by molar-refractivity contribution is 6.03. The summed E-state index contributed by atoms with van der Waals surface area (Å²) in [6.07, 6.45) is 3.37. The van der Waals surface area contributed by atoms with Gasteiger partial charge in [0.25, 0.3) is 0 Å². The molecule has 2 aromatic carbocycles. The van der Waals surface area contributed by atoms with E-state index in [0.29, 0.717) is 30.6 Å². The zero-order valence-corrected chi connectivity index (χ0v) is 25.6. The number of aromatic nitrogens is 3. The van der Waals surface area contributed by atoms with Gasteiger partial charge in [-0.1, -0.05) is 6.58 Å². The number of likely N-dealkylation sites (N-methyl/N-ethyl adjacent to an activating group) is 1. The lowest BCUT2D eigenvalue weighted by Gasteiger charge is -2.46. The third kappa shape index (κ3) is 4.42. The van der Waals surface area contributed by atoms with Crippen LogP contribution in [0.5, 0.6) is 0 Å². The molecule has 42 heavy (non-hydrogen) atoms. The number of hydrogen-bond donors (Lipinski definition) is 0. The van der Waals surface area contributed by atoms with Crippen LogP contribution in [-0.4, -0.2) is 88.6 Å². The van der Waals surface area contributed by atoms with Gasteiger partial charge in [-0.15, -0.1) is 0 Å². The van der Waals surface area contributed by atoms with Crippen LogP contribution in [-0.2, 0) is 11.8 Å². The van der Waals surface area contributed by atoms with E-state index in [1.807, 2.05) is 41.8 Å². The van der Waals surface area contributed by atoms with Crippen molar-refractivity contribution in [2.75, 3.05) is 50.1 Å². The van der Waals surface area contributed by atoms with Crippen LogP contribution in [0.25, 0.3) is 32.9 Å². The van der Waals surface area contributed by atoms with Gasteiger partial charge in [-0.05, 0) is 88.8 Å². The predicted molar refractivity (Wildman–Crippen MR) is 169 cm³/mol. The van der Waals surface area contributed by atoms with E-state index >= 15 is 4.39 Å². The van der Waals surface area contributed by atoms with Crippen molar-refractivity contribution < 1.29 is 9.18 Å². The highest BCUT2D eigenvalue weighted by atomic mass is 19.1. The Hall–Kier alpha value is -3.98. The van der Waals surface area contributed by atoms with Crippen LogP contribution in [0.4, 0.5) is 16.2 Å². The van der Waals surface area contributed by atoms with Crippen LogP contribution >= 0.6 is 0 Å². The zero-order chi connectivity index (χ0) is 30.0. The van der Waals surface area contributed by atoms with Gasteiger partial charge in [0, 0.05) is 73.9 Å². The van der Waals surface area contributed by atoms with Gasteiger partial charge in [0.15, 0.2) is 0 Å². The highest BCUT2D eigenvalue weighted by Gasteiger charge is 2.35. The molecule has 2 fully saturated rings. The zero-order valence-electron chi connectivity index (χ0n) is 25.6. The number of hydrogen-bond acceptors (Lipinski definition) is 6. The first-order chi connectivity index (χ1) is 20.0. The minimum atomic E-state index is -0.244. The summed E-state index contributed by atoms with van der Waals surface area (Å²) in [7, 11) is 6.15. The molecular weight excluding hydrogens is 529 g/mol. The van der Waals surface area contributed by atoms with Gasteiger partial charge >= 0.3 is 0 Å². The fraction of sp³-hybridized carbons (Fsp3) is 0.424. The molecule has 2 saturated heterocycles. The van der Waals surface area contributed by atoms with Gasteiger partial charge in [-0.25, -0.2) is 9.37 Å². The topological polar surface area (TPSA) is 60.7 Å². The molecule has 1 amide bonds. The summed E-state index contributed by atoms with van der Waals surface area (Å²) in [5.41, 5.74) is 5.10. The molecule has 0 unspecified atom stereocenters. The van der Waals surface area contributed by atoms with Crippen molar-refractivity contribution in [2.45, 2.75) is 45.8 Å². The first-order valence-corrected chi connectivity index (χ1v) is 14.7. The van der Waals surface area contributed by atoms with Crippen LogP contribution in [0.15, 0.2) is 43.1 Å². The van der Waals surface area contributed by atoms with Crippen molar-refractivity contribution in [1.29, 1.82) is 0 Å². The first kappa shape index (κ1) is 28.2. The summed E-state index contributed by atoms with van der Waals surface area (Å²) < 4.78 is 17.7. The second kappa shape index (κ2) is 10.4. The lowest BCUT2D eigenvalue weighted by Crippen LogP contribution is -2.59. The molecule has 8 nitrogen and oxygen atoms in total. The molecule has 2 atom stereocenters. The number of rotatable bonds is 5. The molecule has 2 aromatic heterocycles. The van der Waals surface area contributed by atoms with Crippen molar-refractivity contribution >= 4 is 39.5 Å². The van der Waals surface area contributed by atoms with Gasteiger partial charge in [-0.2, -0.15) is 4.98 Å². The summed E-state index contributed by atoms with van der Waals surface area (Å²) in [5.74, 6) is 1.26. The first-order valence-electron chi connectivity index (χ1n) is 14.7. The molecule has 0 radical (unpaired) electrons. The number of aryl methyl sites for hydroxylation is 3. The smallest absolute Gasteiger partial charge is 0.246 e. The fourth-order valence-corrected chi connectivity index (χ4v) is 6.71. The van der Waals surface area contributed by atoms with E-state index < -0.39 is 0 Å². The molecule has 0 aliphatic carbocycles. The molecule has 0 spiro atoms. The van der Waals surface area contributed by atoms with E-state index in [-0.39, 0.29) is 23.8 Å². The molecule has 4 heterocycles. The molecule has 2 aliphatic rings. The van der Waals surface area contributed by atoms with E-state index in [9.17, 15) is 4.79 Å². The molecular formula is C33H40FN7O.